The fraction of sp³-hybridized carbons (Fsp3) is 0.464. The summed E-state index contributed by atoms with van der Waals surface area (Å²) >= 11 is 6.68. The topological polar surface area (TPSA) is 104 Å². The van der Waals surface area contributed by atoms with E-state index >= 15 is 0 Å². The molecule has 1 saturated heterocycles. The zero-order chi connectivity index (χ0) is 26.4. The number of ether oxygens (including phenoxy) is 2. The zero-order valence-electron chi connectivity index (χ0n) is 21.8. The molecule has 3 aliphatic rings. The van der Waals surface area contributed by atoms with Crippen LogP contribution in [-0.2, 0) is 9.53 Å². The number of aromatic amines is 1. The summed E-state index contributed by atoms with van der Waals surface area (Å²) in [5, 5.41) is 7.19. The molecule has 2 fully saturated rings. The molecule has 4 atom stereocenters. The number of aromatic nitrogens is 3. The lowest BCUT2D eigenvalue weighted by Gasteiger charge is -2.30. The predicted octanol–water partition coefficient (Wildman–Crippen LogP) is 4.25. The SMILES string of the molecule is COc1cc(N2CCOCC2)ccc1-c1nc2c(N[C@H]3[C@@H](C(=O)NC(C)C)[C@@H]4C=C[C@H]3C4)c(Cl)cnc2[nH]1. The summed E-state index contributed by atoms with van der Waals surface area (Å²) in [6.45, 7) is 7.10. The van der Waals surface area contributed by atoms with Crippen molar-refractivity contribution in [3.05, 3.63) is 41.6 Å². The van der Waals surface area contributed by atoms with E-state index in [0.29, 0.717) is 40.9 Å². The number of H-pyrrole nitrogens is 1. The van der Waals surface area contributed by atoms with Crippen LogP contribution in [0.1, 0.15) is 20.3 Å². The molecule has 1 aromatic carbocycles. The molecule has 9 nitrogen and oxygen atoms in total. The number of benzene rings is 1. The number of allylic oxidation sites excluding steroid dienone is 1. The third-order valence-corrected chi connectivity index (χ3v) is 8.07. The number of nitrogens with one attached hydrogen (secondary N) is 3. The van der Waals surface area contributed by atoms with Gasteiger partial charge in [0.1, 0.15) is 17.1 Å². The summed E-state index contributed by atoms with van der Waals surface area (Å²) in [5.74, 6) is 1.74. The minimum atomic E-state index is -0.169. The number of halogens is 1. The van der Waals surface area contributed by atoms with Crippen LogP contribution in [0.4, 0.5) is 11.4 Å². The first-order valence-electron chi connectivity index (χ1n) is 13.2. The van der Waals surface area contributed by atoms with Gasteiger partial charge in [-0.25, -0.2) is 9.97 Å². The van der Waals surface area contributed by atoms with E-state index in [0.717, 1.165) is 36.5 Å². The zero-order valence-corrected chi connectivity index (χ0v) is 22.6. The second kappa shape index (κ2) is 10.1. The van der Waals surface area contributed by atoms with Crippen molar-refractivity contribution >= 4 is 40.0 Å². The Morgan fingerprint density at radius 1 is 1.24 bits per heavy atom. The highest BCUT2D eigenvalue weighted by Crippen LogP contribution is 2.46. The number of hydrogen-bond acceptors (Lipinski definition) is 7. The molecule has 10 heteroatoms. The van der Waals surface area contributed by atoms with Crippen LogP contribution in [0.25, 0.3) is 22.6 Å². The maximum atomic E-state index is 13.1. The van der Waals surface area contributed by atoms with Gasteiger partial charge in [0.15, 0.2) is 5.65 Å². The third-order valence-electron chi connectivity index (χ3n) is 7.79. The molecule has 3 N–H and O–H groups in total. The van der Waals surface area contributed by atoms with Crippen molar-refractivity contribution in [2.45, 2.75) is 32.4 Å². The van der Waals surface area contributed by atoms with Crippen molar-refractivity contribution in [3.63, 3.8) is 0 Å². The van der Waals surface area contributed by atoms with Gasteiger partial charge in [0.2, 0.25) is 5.91 Å². The first kappa shape index (κ1) is 25.0. The van der Waals surface area contributed by atoms with Gasteiger partial charge in [-0.15, -0.1) is 0 Å². The number of rotatable bonds is 7. The quantitative estimate of drug-likeness (QED) is 0.388. The van der Waals surface area contributed by atoms with Crippen LogP contribution in [0.5, 0.6) is 5.75 Å². The summed E-state index contributed by atoms with van der Waals surface area (Å²) in [6, 6.07) is 6.14. The number of carbonyl (C=O) groups excluding carboxylic acids is 1. The van der Waals surface area contributed by atoms with E-state index in [1.165, 1.54) is 0 Å². The number of carbonyl (C=O) groups is 1. The molecule has 2 aromatic heterocycles. The van der Waals surface area contributed by atoms with Crippen molar-refractivity contribution in [1.29, 1.82) is 0 Å². The number of imidazole rings is 1. The average Bonchev–Trinajstić information content (AvgIpc) is 3.65. The molecule has 1 amide bonds. The normalized spacial score (nSPS) is 24.4. The number of nitrogens with zero attached hydrogens (tertiary/aromatic N) is 3. The molecule has 200 valence electrons. The molecule has 0 unspecified atom stereocenters. The van der Waals surface area contributed by atoms with Gasteiger partial charge in [0.05, 0.1) is 48.7 Å². The minimum Gasteiger partial charge on any atom is -0.496 e. The van der Waals surface area contributed by atoms with Gasteiger partial charge in [-0.05, 0) is 44.2 Å². The number of methoxy groups -OCH3 is 1. The van der Waals surface area contributed by atoms with Crippen molar-refractivity contribution < 1.29 is 14.3 Å². The lowest BCUT2D eigenvalue weighted by Crippen LogP contribution is -2.45. The Hall–Kier alpha value is -3.30. The van der Waals surface area contributed by atoms with Crippen molar-refractivity contribution in [2.24, 2.45) is 17.8 Å². The van der Waals surface area contributed by atoms with Gasteiger partial charge in [-0.2, -0.15) is 0 Å². The number of pyridine rings is 1. The largest absolute Gasteiger partial charge is 0.496 e. The molecule has 1 aliphatic heterocycles. The van der Waals surface area contributed by atoms with E-state index < -0.39 is 0 Å². The molecule has 6 rings (SSSR count). The van der Waals surface area contributed by atoms with E-state index in [2.05, 4.69) is 43.7 Å². The number of amides is 1. The number of fused-ring (bicyclic) bond motifs is 3. The van der Waals surface area contributed by atoms with Crippen LogP contribution in [-0.4, -0.2) is 66.4 Å². The molecule has 3 heterocycles. The van der Waals surface area contributed by atoms with E-state index in [-0.39, 0.29) is 35.7 Å². The molecule has 2 aliphatic carbocycles. The summed E-state index contributed by atoms with van der Waals surface area (Å²) in [5.41, 5.74) is 3.87. The van der Waals surface area contributed by atoms with Crippen molar-refractivity contribution in [1.82, 2.24) is 20.3 Å². The Balaban J connectivity index is 1.33. The fourth-order valence-corrected chi connectivity index (χ4v) is 6.21. The van der Waals surface area contributed by atoms with Crippen LogP contribution < -0.4 is 20.3 Å². The Kier molecular flexibility index (Phi) is 6.65. The van der Waals surface area contributed by atoms with Gasteiger partial charge in [-0.3, -0.25) is 4.79 Å². The van der Waals surface area contributed by atoms with Crippen LogP contribution in [0.3, 0.4) is 0 Å². The van der Waals surface area contributed by atoms with Crippen LogP contribution in [0, 0.1) is 17.8 Å². The minimum absolute atomic E-state index is 0.0728. The molecular weight excluding hydrogens is 504 g/mol. The summed E-state index contributed by atoms with van der Waals surface area (Å²) < 4.78 is 11.3. The van der Waals surface area contributed by atoms with Gasteiger partial charge in [-0.1, -0.05) is 23.8 Å². The number of hydrogen-bond donors (Lipinski definition) is 3. The summed E-state index contributed by atoms with van der Waals surface area (Å²) in [6.07, 6.45) is 6.97. The van der Waals surface area contributed by atoms with Gasteiger partial charge in [0.25, 0.3) is 0 Å². The van der Waals surface area contributed by atoms with Crippen LogP contribution >= 0.6 is 11.6 Å². The van der Waals surface area contributed by atoms with E-state index in [1.807, 2.05) is 26.0 Å². The van der Waals surface area contributed by atoms with Crippen molar-refractivity contribution in [3.8, 4) is 17.1 Å². The molecule has 3 aromatic rings. The molecule has 38 heavy (non-hydrogen) atoms. The number of morpholine rings is 1. The van der Waals surface area contributed by atoms with E-state index in [9.17, 15) is 4.79 Å². The maximum absolute atomic E-state index is 13.1. The Bertz CT molecular complexity index is 1380. The Morgan fingerprint density at radius 2 is 2.03 bits per heavy atom. The Morgan fingerprint density at radius 3 is 2.79 bits per heavy atom. The molecular formula is C28H33ClN6O3. The van der Waals surface area contributed by atoms with Crippen molar-refractivity contribution in [2.75, 3.05) is 43.6 Å². The monoisotopic (exact) mass is 536 g/mol. The standard InChI is InChI=1S/C28H33ClN6O3/c1-15(2)31-28(36)22-16-4-5-17(12-16)23(22)32-24-20(29)14-30-27-25(24)33-26(34-27)19-7-6-18(13-21(19)37-3)35-8-10-38-11-9-35/h4-7,13-17,22-23H,8-12H2,1-3H3,(H,31,36)(H2,30,32,33,34)/t16-,17+,22+,23-/m1/s1. The highest BCUT2D eigenvalue weighted by Gasteiger charge is 2.48. The van der Waals surface area contributed by atoms with Crippen LogP contribution in [0.2, 0.25) is 5.02 Å². The highest BCUT2D eigenvalue weighted by molar-refractivity contribution is 6.34. The predicted molar refractivity (Wildman–Crippen MR) is 149 cm³/mol. The third kappa shape index (κ3) is 4.47. The van der Waals surface area contributed by atoms with E-state index in [4.69, 9.17) is 26.1 Å². The average molecular weight is 537 g/mol. The second-order valence-electron chi connectivity index (χ2n) is 10.6. The number of anilines is 2. The Labute approximate surface area is 227 Å². The summed E-state index contributed by atoms with van der Waals surface area (Å²) in [4.78, 5) is 28.2. The second-order valence-corrected chi connectivity index (χ2v) is 11.0. The van der Waals surface area contributed by atoms with Gasteiger partial charge in [0, 0.05) is 36.9 Å². The van der Waals surface area contributed by atoms with E-state index in [1.54, 1.807) is 13.3 Å². The highest BCUT2D eigenvalue weighted by atomic mass is 35.5. The molecule has 0 radical (unpaired) electrons. The molecule has 0 spiro atoms. The summed E-state index contributed by atoms with van der Waals surface area (Å²) in [7, 11) is 1.66. The van der Waals surface area contributed by atoms with Crippen LogP contribution in [0.15, 0.2) is 36.5 Å². The molecule has 2 bridgehead atoms. The molecule has 1 saturated carbocycles. The van der Waals surface area contributed by atoms with Gasteiger partial charge >= 0.3 is 0 Å². The fourth-order valence-electron chi connectivity index (χ4n) is 6.01. The first-order valence-corrected chi connectivity index (χ1v) is 13.6. The lowest BCUT2D eigenvalue weighted by atomic mass is 9.87. The lowest BCUT2D eigenvalue weighted by molar-refractivity contribution is -0.126. The maximum Gasteiger partial charge on any atom is 0.225 e. The van der Waals surface area contributed by atoms with Gasteiger partial charge < -0.3 is 30.0 Å². The smallest absolute Gasteiger partial charge is 0.225 e. The first-order chi connectivity index (χ1) is 18.4.